The fraction of sp³-hybridized carbons (Fsp3) is 0.556. The zero-order chi connectivity index (χ0) is 21.7. The van der Waals surface area contributed by atoms with E-state index < -0.39 is 0 Å². The van der Waals surface area contributed by atoms with Crippen LogP contribution in [0.15, 0.2) is 36.8 Å². The summed E-state index contributed by atoms with van der Waals surface area (Å²) in [7, 11) is 0. The molecule has 3 aromatic rings. The van der Waals surface area contributed by atoms with Gasteiger partial charge < -0.3 is 15.6 Å². The van der Waals surface area contributed by atoms with Crippen LogP contribution in [0.3, 0.4) is 0 Å². The summed E-state index contributed by atoms with van der Waals surface area (Å²) < 4.78 is 2.46. The molecule has 4 fully saturated rings. The van der Waals surface area contributed by atoms with Gasteiger partial charge in [0.15, 0.2) is 0 Å². The molecule has 2 heterocycles. The van der Waals surface area contributed by atoms with Crippen LogP contribution in [0, 0.1) is 17.8 Å². The zero-order valence-corrected chi connectivity index (χ0v) is 19.2. The number of hydrogen-bond donors (Lipinski definition) is 2. The Hall–Kier alpha value is -2.40. The van der Waals surface area contributed by atoms with Crippen molar-refractivity contribution >= 4 is 16.9 Å². The number of nitrogens with one attached hydrogen (secondary N) is 1. The summed E-state index contributed by atoms with van der Waals surface area (Å²) in [5.74, 6) is 3.23. The largest absolute Gasteiger partial charge is 0.368 e. The first-order valence-corrected chi connectivity index (χ1v) is 12.6. The summed E-state index contributed by atoms with van der Waals surface area (Å²) in [5.41, 5.74) is 11.0. The predicted molar refractivity (Wildman–Crippen MR) is 130 cm³/mol. The van der Waals surface area contributed by atoms with Crippen molar-refractivity contribution in [3.05, 3.63) is 42.4 Å². The topological polar surface area (TPSA) is 68.8 Å². The lowest BCUT2D eigenvalue weighted by Gasteiger charge is -2.57. The van der Waals surface area contributed by atoms with Crippen LogP contribution in [0.4, 0.5) is 5.95 Å². The minimum atomic E-state index is 0.320. The Morgan fingerprint density at radius 3 is 2.38 bits per heavy atom. The third kappa shape index (κ3) is 3.61. The van der Waals surface area contributed by atoms with E-state index in [2.05, 4.69) is 51.2 Å². The highest BCUT2D eigenvalue weighted by molar-refractivity contribution is 5.88. The van der Waals surface area contributed by atoms with Crippen molar-refractivity contribution < 1.29 is 0 Å². The Bertz CT molecular complexity index is 1080. The van der Waals surface area contributed by atoms with E-state index in [0.717, 1.165) is 42.0 Å². The van der Waals surface area contributed by atoms with E-state index in [0.29, 0.717) is 11.5 Å². The van der Waals surface area contributed by atoms with E-state index in [1.807, 2.05) is 12.4 Å². The van der Waals surface area contributed by atoms with Gasteiger partial charge in [0.2, 0.25) is 5.95 Å². The van der Waals surface area contributed by atoms with Crippen LogP contribution in [0.5, 0.6) is 0 Å². The van der Waals surface area contributed by atoms with Crippen LogP contribution in [-0.2, 0) is 13.1 Å². The molecule has 0 amide bonds. The molecule has 7 rings (SSSR count). The zero-order valence-electron chi connectivity index (χ0n) is 19.2. The van der Waals surface area contributed by atoms with Gasteiger partial charge in [-0.3, -0.25) is 0 Å². The average molecular weight is 430 g/mol. The van der Waals surface area contributed by atoms with E-state index in [4.69, 9.17) is 5.73 Å². The first kappa shape index (κ1) is 20.2. The molecule has 3 N–H and O–H groups in total. The molecule has 5 nitrogen and oxygen atoms in total. The fourth-order valence-electron chi connectivity index (χ4n) is 7.30. The van der Waals surface area contributed by atoms with Gasteiger partial charge in [-0.15, -0.1) is 0 Å². The lowest BCUT2D eigenvalue weighted by Crippen LogP contribution is -2.58. The van der Waals surface area contributed by atoms with Crippen LogP contribution in [-0.4, -0.2) is 20.1 Å². The van der Waals surface area contributed by atoms with Crippen LogP contribution < -0.4 is 11.1 Å². The second kappa shape index (κ2) is 7.87. The van der Waals surface area contributed by atoms with Crippen molar-refractivity contribution in [2.45, 2.75) is 76.9 Å². The molecule has 0 spiro atoms. The lowest BCUT2D eigenvalue weighted by atomic mass is 9.53. The van der Waals surface area contributed by atoms with Gasteiger partial charge in [-0.2, -0.15) is 0 Å². The van der Waals surface area contributed by atoms with E-state index in [9.17, 15) is 0 Å². The first-order chi connectivity index (χ1) is 15.6. The van der Waals surface area contributed by atoms with Crippen molar-refractivity contribution in [3.8, 4) is 11.1 Å². The summed E-state index contributed by atoms with van der Waals surface area (Å²) in [5, 5.41) is 5.47. The number of aryl methyl sites for hydroxylation is 1. The summed E-state index contributed by atoms with van der Waals surface area (Å²) in [6.07, 6.45) is 17.1. The number of unbranched alkanes of at least 4 members (excludes halogenated alkanes) is 1. The predicted octanol–water partition coefficient (Wildman–Crippen LogP) is 5.54. The van der Waals surface area contributed by atoms with E-state index >= 15 is 0 Å². The molecule has 2 aromatic heterocycles. The van der Waals surface area contributed by atoms with Gasteiger partial charge in [-0.1, -0.05) is 19.4 Å². The highest BCUT2D eigenvalue weighted by atomic mass is 15.0. The SMILES string of the molecule is CCCCn1cc(CNC23CC4CC(CC(C4)C2)C3)c2cc(-c3cnc(N)nc3)ccc21. The van der Waals surface area contributed by atoms with Crippen LogP contribution in [0.1, 0.15) is 63.9 Å². The number of benzene rings is 1. The maximum absolute atomic E-state index is 5.70. The Balaban J connectivity index is 1.32. The van der Waals surface area contributed by atoms with Gasteiger partial charge in [0, 0.05) is 53.7 Å². The third-order valence-corrected chi connectivity index (χ3v) is 8.41. The molecule has 0 radical (unpaired) electrons. The van der Waals surface area contributed by atoms with Gasteiger partial charge in [0.25, 0.3) is 0 Å². The monoisotopic (exact) mass is 429 g/mol. The number of nitrogens with two attached hydrogens (primary N) is 1. The summed E-state index contributed by atoms with van der Waals surface area (Å²) in [6.45, 7) is 4.30. The summed E-state index contributed by atoms with van der Waals surface area (Å²) in [4.78, 5) is 8.39. The molecule has 0 atom stereocenters. The number of fused-ring (bicyclic) bond motifs is 1. The van der Waals surface area contributed by atoms with Crippen molar-refractivity contribution in [1.29, 1.82) is 0 Å². The Morgan fingerprint density at radius 2 is 1.72 bits per heavy atom. The van der Waals surface area contributed by atoms with E-state index in [1.54, 1.807) is 0 Å². The number of anilines is 1. The third-order valence-electron chi connectivity index (χ3n) is 8.41. The molecule has 4 bridgehead atoms. The van der Waals surface area contributed by atoms with Crippen molar-refractivity contribution in [3.63, 3.8) is 0 Å². The Morgan fingerprint density at radius 1 is 1.03 bits per heavy atom. The second-order valence-corrected chi connectivity index (χ2v) is 10.8. The van der Waals surface area contributed by atoms with Gasteiger partial charge in [0.05, 0.1) is 0 Å². The molecule has 4 aliphatic carbocycles. The summed E-state index contributed by atoms with van der Waals surface area (Å²) >= 11 is 0. The second-order valence-electron chi connectivity index (χ2n) is 10.8. The van der Waals surface area contributed by atoms with Crippen LogP contribution >= 0.6 is 0 Å². The van der Waals surface area contributed by atoms with Gasteiger partial charge in [-0.05, 0) is 86.0 Å². The smallest absolute Gasteiger partial charge is 0.219 e. The standard InChI is InChI=1S/C27H35N5/c1-2-3-6-32-17-23(16-31-27-11-18-7-19(12-27)9-20(8-18)13-27)24-10-21(4-5-25(24)32)22-14-29-26(28)30-15-22/h4-5,10,14-15,17-20,31H,2-3,6-9,11-13,16H2,1H3,(H2,28,29,30). The minimum Gasteiger partial charge on any atom is -0.368 e. The molecule has 0 saturated heterocycles. The molecule has 0 unspecified atom stereocenters. The molecule has 1 aromatic carbocycles. The minimum absolute atomic E-state index is 0.320. The number of nitrogens with zero attached hydrogens (tertiary/aromatic N) is 3. The highest BCUT2D eigenvalue weighted by Gasteiger charge is 2.50. The Labute approximate surface area is 190 Å². The van der Waals surface area contributed by atoms with Gasteiger partial charge in [-0.25, -0.2) is 9.97 Å². The summed E-state index contributed by atoms with van der Waals surface area (Å²) in [6, 6.07) is 6.78. The quantitative estimate of drug-likeness (QED) is 0.517. The van der Waals surface area contributed by atoms with Crippen molar-refractivity contribution in [1.82, 2.24) is 19.9 Å². The molecular weight excluding hydrogens is 394 g/mol. The van der Waals surface area contributed by atoms with Crippen molar-refractivity contribution in [2.75, 3.05) is 5.73 Å². The van der Waals surface area contributed by atoms with E-state index in [-0.39, 0.29) is 0 Å². The van der Waals surface area contributed by atoms with Crippen molar-refractivity contribution in [2.24, 2.45) is 17.8 Å². The molecule has 0 aliphatic heterocycles. The van der Waals surface area contributed by atoms with Gasteiger partial charge in [0.1, 0.15) is 0 Å². The van der Waals surface area contributed by atoms with Crippen LogP contribution in [0.25, 0.3) is 22.0 Å². The number of aromatic nitrogens is 3. The maximum Gasteiger partial charge on any atom is 0.219 e. The lowest BCUT2D eigenvalue weighted by molar-refractivity contribution is -0.0205. The molecular formula is C27H35N5. The van der Waals surface area contributed by atoms with Crippen LogP contribution in [0.2, 0.25) is 0 Å². The molecule has 168 valence electrons. The van der Waals surface area contributed by atoms with Gasteiger partial charge >= 0.3 is 0 Å². The molecule has 4 aliphatic rings. The average Bonchev–Trinajstić information content (AvgIpc) is 3.13. The number of hydrogen-bond acceptors (Lipinski definition) is 4. The van der Waals surface area contributed by atoms with E-state index in [1.165, 1.54) is 67.8 Å². The number of rotatable bonds is 7. The number of nitrogen functional groups attached to an aromatic ring is 1. The fourth-order valence-corrected chi connectivity index (χ4v) is 7.30. The highest BCUT2D eigenvalue weighted by Crippen LogP contribution is 2.55. The normalized spacial score (nSPS) is 28.6. The molecule has 4 saturated carbocycles. The first-order valence-electron chi connectivity index (χ1n) is 12.6. The maximum atomic E-state index is 5.70. The molecule has 32 heavy (non-hydrogen) atoms. The Kier molecular flexibility index (Phi) is 4.98. The molecule has 5 heteroatoms.